The third-order valence-electron chi connectivity index (χ3n) is 6.89. The maximum absolute atomic E-state index is 13.1. The highest BCUT2D eigenvalue weighted by molar-refractivity contribution is 8.00. The number of nitrogens with zero attached hydrogens (tertiary/aromatic N) is 1. The molecule has 0 radical (unpaired) electrons. The van der Waals surface area contributed by atoms with Gasteiger partial charge in [-0.25, -0.2) is 4.79 Å². The SMILES string of the molecule is CCOC(=O)c1c(NC(=O)CSc2cccc(NC(=O)c3ccc(C)cc3)c2)sc2c1CCN(Cc1ccccc1)C2. The molecule has 1 aliphatic heterocycles. The lowest BCUT2D eigenvalue weighted by molar-refractivity contribution is -0.113. The fraction of sp³-hybridized carbons (Fsp3) is 0.242. The van der Waals surface area contributed by atoms with Crippen molar-refractivity contribution in [2.75, 3.05) is 29.5 Å². The summed E-state index contributed by atoms with van der Waals surface area (Å²) in [6.07, 6.45) is 0.721. The maximum Gasteiger partial charge on any atom is 0.341 e. The average molecular weight is 600 g/mol. The highest BCUT2D eigenvalue weighted by Crippen LogP contribution is 2.38. The van der Waals surface area contributed by atoms with Crippen LogP contribution in [0.4, 0.5) is 10.7 Å². The van der Waals surface area contributed by atoms with Crippen molar-refractivity contribution in [1.82, 2.24) is 4.90 Å². The number of anilines is 2. The molecule has 7 nitrogen and oxygen atoms in total. The van der Waals surface area contributed by atoms with Crippen LogP contribution in [0.2, 0.25) is 0 Å². The van der Waals surface area contributed by atoms with Crippen molar-refractivity contribution in [3.05, 3.63) is 112 Å². The van der Waals surface area contributed by atoms with Crippen LogP contribution in [0.5, 0.6) is 0 Å². The summed E-state index contributed by atoms with van der Waals surface area (Å²) in [6.45, 7) is 6.39. The predicted octanol–water partition coefficient (Wildman–Crippen LogP) is 6.77. The first-order valence-corrected chi connectivity index (χ1v) is 15.7. The molecule has 2 amide bonds. The van der Waals surface area contributed by atoms with E-state index in [0.29, 0.717) is 28.4 Å². The molecule has 216 valence electrons. The Balaban J connectivity index is 1.23. The lowest BCUT2D eigenvalue weighted by Gasteiger charge is -2.27. The summed E-state index contributed by atoms with van der Waals surface area (Å²) in [5.41, 5.74) is 5.02. The van der Waals surface area contributed by atoms with Gasteiger partial charge in [-0.1, -0.05) is 54.1 Å². The number of rotatable bonds is 10. The molecule has 0 saturated heterocycles. The van der Waals surface area contributed by atoms with Crippen LogP contribution in [-0.2, 0) is 29.0 Å². The molecule has 5 rings (SSSR count). The molecule has 1 aliphatic rings. The fourth-order valence-corrected chi connectivity index (χ4v) is 6.87. The third-order valence-corrected chi connectivity index (χ3v) is 9.02. The molecule has 0 spiro atoms. The van der Waals surface area contributed by atoms with E-state index in [-0.39, 0.29) is 24.2 Å². The van der Waals surface area contributed by atoms with E-state index in [1.807, 2.05) is 61.5 Å². The Labute approximate surface area is 254 Å². The molecule has 4 aromatic rings. The number of benzene rings is 3. The van der Waals surface area contributed by atoms with Crippen LogP contribution in [0.25, 0.3) is 0 Å². The molecule has 0 aliphatic carbocycles. The van der Waals surface area contributed by atoms with E-state index >= 15 is 0 Å². The van der Waals surface area contributed by atoms with Crippen molar-refractivity contribution in [2.45, 2.75) is 38.3 Å². The number of fused-ring (bicyclic) bond motifs is 1. The summed E-state index contributed by atoms with van der Waals surface area (Å²) >= 11 is 2.82. The van der Waals surface area contributed by atoms with Crippen molar-refractivity contribution < 1.29 is 19.1 Å². The van der Waals surface area contributed by atoms with Gasteiger partial charge >= 0.3 is 5.97 Å². The van der Waals surface area contributed by atoms with Crippen LogP contribution in [0, 0.1) is 6.92 Å². The summed E-state index contributed by atoms with van der Waals surface area (Å²) in [4.78, 5) is 42.9. The van der Waals surface area contributed by atoms with Gasteiger partial charge in [0.15, 0.2) is 0 Å². The standard InChI is InChI=1S/C33H33N3O4S2/c1-3-40-33(39)30-27-16-17-36(19-23-8-5-4-6-9-23)20-28(27)42-32(30)35-29(37)21-41-26-11-7-10-25(18-26)34-31(38)24-14-12-22(2)13-15-24/h4-15,18H,3,16-17,19-21H2,1-2H3,(H,34,38)(H,35,37). The van der Waals surface area contributed by atoms with Gasteiger partial charge < -0.3 is 15.4 Å². The van der Waals surface area contributed by atoms with Gasteiger partial charge in [-0.3, -0.25) is 14.5 Å². The monoisotopic (exact) mass is 599 g/mol. The summed E-state index contributed by atoms with van der Waals surface area (Å²) in [5.74, 6) is -0.642. The zero-order valence-corrected chi connectivity index (χ0v) is 25.3. The molecule has 0 fully saturated rings. The number of hydrogen-bond donors (Lipinski definition) is 2. The first-order valence-electron chi connectivity index (χ1n) is 13.9. The number of ether oxygens (including phenoxy) is 1. The van der Waals surface area contributed by atoms with Crippen molar-refractivity contribution in [2.24, 2.45) is 0 Å². The van der Waals surface area contributed by atoms with Crippen LogP contribution < -0.4 is 10.6 Å². The molecule has 42 heavy (non-hydrogen) atoms. The van der Waals surface area contributed by atoms with Gasteiger partial charge in [0, 0.05) is 40.7 Å². The Morgan fingerprint density at radius 2 is 1.76 bits per heavy atom. The third kappa shape index (κ3) is 7.47. The van der Waals surface area contributed by atoms with E-state index in [1.165, 1.54) is 28.7 Å². The first kappa shape index (κ1) is 29.6. The van der Waals surface area contributed by atoms with Crippen LogP contribution in [0.15, 0.2) is 83.8 Å². The minimum atomic E-state index is -0.397. The molecule has 2 heterocycles. The fourth-order valence-electron chi connectivity index (χ4n) is 4.82. The number of carbonyl (C=O) groups excluding carboxylic acids is 3. The Bertz CT molecular complexity index is 1570. The number of esters is 1. The number of amides is 2. The number of carbonyl (C=O) groups is 3. The average Bonchev–Trinajstić information content (AvgIpc) is 3.34. The second-order valence-electron chi connectivity index (χ2n) is 10.1. The highest BCUT2D eigenvalue weighted by Gasteiger charge is 2.29. The zero-order chi connectivity index (χ0) is 29.5. The largest absolute Gasteiger partial charge is 0.462 e. The van der Waals surface area contributed by atoms with Crippen LogP contribution >= 0.6 is 23.1 Å². The Morgan fingerprint density at radius 1 is 0.976 bits per heavy atom. The molecule has 3 aromatic carbocycles. The first-order chi connectivity index (χ1) is 20.4. The molecule has 0 saturated carbocycles. The summed E-state index contributed by atoms with van der Waals surface area (Å²) in [7, 11) is 0. The predicted molar refractivity (Wildman–Crippen MR) is 169 cm³/mol. The van der Waals surface area contributed by atoms with Crippen molar-refractivity contribution in [3.8, 4) is 0 Å². The van der Waals surface area contributed by atoms with Gasteiger partial charge in [0.05, 0.1) is 17.9 Å². The molecule has 0 atom stereocenters. The van der Waals surface area contributed by atoms with E-state index in [4.69, 9.17) is 4.74 Å². The maximum atomic E-state index is 13.1. The molecular weight excluding hydrogens is 567 g/mol. The summed E-state index contributed by atoms with van der Waals surface area (Å²) in [5, 5.41) is 6.45. The van der Waals surface area contributed by atoms with Gasteiger partial charge in [-0.2, -0.15) is 0 Å². The second-order valence-corrected chi connectivity index (χ2v) is 12.2. The van der Waals surface area contributed by atoms with Crippen LogP contribution in [0.3, 0.4) is 0 Å². The van der Waals surface area contributed by atoms with Crippen molar-refractivity contribution in [1.29, 1.82) is 0 Å². The van der Waals surface area contributed by atoms with Crippen molar-refractivity contribution in [3.63, 3.8) is 0 Å². The van der Waals surface area contributed by atoms with Gasteiger partial charge in [0.2, 0.25) is 5.91 Å². The lowest BCUT2D eigenvalue weighted by Crippen LogP contribution is -2.30. The van der Waals surface area contributed by atoms with E-state index in [9.17, 15) is 14.4 Å². The van der Waals surface area contributed by atoms with Gasteiger partial charge in [-0.15, -0.1) is 23.1 Å². The zero-order valence-electron chi connectivity index (χ0n) is 23.6. The minimum Gasteiger partial charge on any atom is -0.462 e. The normalized spacial score (nSPS) is 12.8. The highest BCUT2D eigenvalue weighted by atomic mass is 32.2. The number of thioether (sulfide) groups is 1. The number of nitrogens with one attached hydrogen (secondary N) is 2. The van der Waals surface area contributed by atoms with E-state index in [1.54, 1.807) is 19.1 Å². The summed E-state index contributed by atoms with van der Waals surface area (Å²) < 4.78 is 5.37. The van der Waals surface area contributed by atoms with E-state index in [2.05, 4.69) is 27.7 Å². The molecule has 0 bridgehead atoms. The Hall–Kier alpha value is -3.92. The minimum absolute atomic E-state index is 0.153. The molecule has 2 N–H and O–H groups in total. The van der Waals surface area contributed by atoms with Crippen LogP contribution in [-0.4, -0.2) is 41.6 Å². The Morgan fingerprint density at radius 3 is 2.52 bits per heavy atom. The van der Waals surface area contributed by atoms with Crippen LogP contribution in [0.1, 0.15) is 49.2 Å². The van der Waals surface area contributed by atoms with E-state index < -0.39 is 5.97 Å². The number of thiophene rings is 1. The molecule has 1 aromatic heterocycles. The molecular formula is C33H33N3O4S2. The number of aryl methyl sites for hydroxylation is 1. The summed E-state index contributed by atoms with van der Waals surface area (Å²) in [6, 6.07) is 25.1. The second kappa shape index (κ2) is 13.8. The Kier molecular flexibility index (Phi) is 9.74. The lowest BCUT2D eigenvalue weighted by atomic mass is 10.0. The quantitative estimate of drug-likeness (QED) is 0.154. The molecule has 0 unspecified atom stereocenters. The van der Waals surface area contributed by atoms with Gasteiger partial charge in [-0.05, 0) is 61.7 Å². The number of hydrogen-bond acceptors (Lipinski definition) is 7. The van der Waals surface area contributed by atoms with Gasteiger partial charge in [0.25, 0.3) is 5.91 Å². The smallest absolute Gasteiger partial charge is 0.341 e. The topological polar surface area (TPSA) is 87.7 Å². The van der Waals surface area contributed by atoms with Gasteiger partial charge in [0.1, 0.15) is 5.00 Å². The van der Waals surface area contributed by atoms with Crippen molar-refractivity contribution >= 4 is 51.6 Å². The molecule has 9 heteroatoms. The van der Waals surface area contributed by atoms with E-state index in [0.717, 1.165) is 40.4 Å².